The molecule has 1 saturated carbocycles. The van der Waals surface area contributed by atoms with Crippen LogP contribution in [0.1, 0.15) is 77.8 Å². The minimum Gasteiger partial charge on any atom is -0.403 e. The van der Waals surface area contributed by atoms with Crippen LogP contribution in [-0.2, 0) is 4.74 Å². The van der Waals surface area contributed by atoms with Gasteiger partial charge in [-0.05, 0) is 96.1 Å². The molecule has 2 aromatic rings. The Bertz CT molecular complexity index is 1160. The number of allylic oxidation sites excluding steroid dienone is 1. The molecule has 0 unspecified atom stereocenters. The summed E-state index contributed by atoms with van der Waals surface area (Å²) in [6.45, 7) is 17.1. The van der Waals surface area contributed by atoms with Crippen molar-refractivity contribution in [3.8, 4) is 0 Å². The van der Waals surface area contributed by atoms with Gasteiger partial charge in [-0.1, -0.05) is 19.1 Å². The lowest BCUT2D eigenvalue weighted by molar-refractivity contribution is 0.0872. The van der Waals surface area contributed by atoms with E-state index in [1.807, 2.05) is 6.92 Å². The lowest BCUT2D eigenvalue weighted by Crippen LogP contribution is -2.33. The fourth-order valence-corrected chi connectivity index (χ4v) is 6.44. The molecule has 0 spiro atoms. The molecule has 220 valence electrons. The number of rotatable bonds is 13. The van der Waals surface area contributed by atoms with Crippen LogP contribution < -0.4 is 16.4 Å². The van der Waals surface area contributed by atoms with Crippen LogP contribution in [0.15, 0.2) is 29.0 Å². The number of nitrogens with two attached hydrogens (primary N) is 1. The molecular weight excluding hydrogens is 520 g/mol. The predicted octanol–water partition coefficient (Wildman–Crippen LogP) is 5.89. The van der Waals surface area contributed by atoms with Crippen molar-refractivity contribution < 1.29 is 4.74 Å². The van der Waals surface area contributed by atoms with Crippen LogP contribution in [0.5, 0.6) is 0 Å². The van der Waals surface area contributed by atoms with Crippen molar-refractivity contribution in [1.29, 1.82) is 0 Å². The van der Waals surface area contributed by atoms with Gasteiger partial charge in [-0.3, -0.25) is 4.99 Å². The van der Waals surface area contributed by atoms with E-state index >= 15 is 0 Å². The van der Waals surface area contributed by atoms with E-state index in [2.05, 4.69) is 52.2 Å². The molecule has 1 aliphatic heterocycles. The Morgan fingerprint density at radius 3 is 2.60 bits per heavy atom. The van der Waals surface area contributed by atoms with E-state index in [9.17, 15) is 0 Å². The largest absolute Gasteiger partial charge is 0.403 e. The molecule has 0 radical (unpaired) electrons. The molecule has 4 rings (SSSR count). The number of hydrogen-bond acceptors (Lipinski definition) is 10. The van der Waals surface area contributed by atoms with E-state index in [1.54, 1.807) is 6.21 Å². The van der Waals surface area contributed by atoms with Crippen molar-refractivity contribution in [2.24, 2.45) is 16.6 Å². The molecule has 0 aromatic carbocycles. The van der Waals surface area contributed by atoms with Crippen LogP contribution in [0, 0.1) is 12.8 Å². The maximum absolute atomic E-state index is 5.91. The first-order valence-electron chi connectivity index (χ1n) is 15.0. The highest BCUT2D eigenvalue weighted by Crippen LogP contribution is 2.34. The van der Waals surface area contributed by atoms with Crippen LogP contribution in [-0.4, -0.2) is 69.9 Å². The molecule has 2 aliphatic rings. The van der Waals surface area contributed by atoms with E-state index in [1.165, 1.54) is 29.7 Å². The summed E-state index contributed by atoms with van der Waals surface area (Å²) in [6.07, 6.45) is 12.0. The summed E-state index contributed by atoms with van der Waals surface area (Å²) in [4.78, 5) is 17.7. The molecule has 2 aromatic heterocycles. The first-order chi connectivity index (χ1) is 19.4. The van der Waals surface area contributed by atoms with Crippen molar-refractivity contribution in [2.45, 2.75) is 97.2 Å². The third kappa shape index (κ3) is 8.24. The van der Waals surface area contributed by atoms with Crippen molar-refractivity contribution in [3.63, 3.8) is 0 Å². The Morgan fingerprint density at radius 2 is 1.93 bits per heavy atom. The lowest BCUT2D eigenvalue weighted by Gasteiger charge is -2.32. The highest BCUT2D eigenvalue weighted by molar-refractivity contribution is 7.13. The summed E-state index contributed by atoms with van der Waals surface area (Å²) in [7, 11) is 0. The number of anilines is 2. The van der Waals surface area contributed by atoms with Gasteiger partial charge in [0.05, 0.1) is 22.8 Å². The standard InChI is InChI=1S/C30H48N8OS/c1-6-14-38(20(2)3)15-11-21(4)23-7-9-25(10-8-23)33-28-27-22(5)37-40-29(27)36-30(35-28)34-26(18-31)19-32-24-12-16-39-17-13-24/h18-20,23-25H,4,6-17,31H2,1-3,5H3,(H2,33,34,35,36). The van der Waals surface area contributed by atoms with Crippen molar-refractivity contribution in [1.82, 2.24) is 19.2 Å². The Kier molecular flexibility index (Phi) is 11.3. The molecule has 10 heteroatoms. The van der Waals surface area contributed by atoms with Crippen LogP contribution in [0.4, 0.5) is 11.8 Å². The van der Waals surface area contributed by atoms with Gasteiger partial charge in [-0.2, -0.15) is 14.3 Å². The SMILES string of the molecule is C=C(CCN(CCC)C(C)C)C1CCC(Nc2nc(NC(C=NC3CCOCC3)=CN)nc3snc(C)c23)CC1. The number of nitrogens with one attached hydrogen (secondary N) is 2. The smallest absolute Gasteiger partial charge is 0.230 e. The van der Waals surface area contributed by atoms with Crippen LogP contribution in [0.3, 0.4) is 0 Å². The zero-order chi connectivity index (χ0) is 28.5. The Balaban J connectivity index is 1.37. The molecule has 1 saturated heterocycles. The number of aliphatic imine (C=N–C) groups is 1. The van der Waals surface area contributed by atoms with Gasteiger partial charge in [0.25, 0.3) is 0 Å². The summed E-state index contributed by atoms with van der Waals surface area (Å²) in [5.41, 5.74) is 8.95. The first-order valence-corrected chi connectivity index (χ1v) is 15.8. The first kappa shape index (κ1) is 30.4. The molecule has 4 N–H and O–H groups in total. The van der Waals surface area contributed by atoms with Crippen molar-refractivity contribution in [3.05, 3.63) is 29.7 Å². The maximum atomic E-state index is 5.91. The second-order valence-corrected chi connectivity index (χ2v) is 12.2. The molecule has 40 heavy (non-hydrogen) atoms. The molecule has 3 heterocycles. The molecular formula is C30H48N8OS. The van der Waals surface area contributed by atoms with Crippen LogP contribution >= 0.6 is 11.5 Å². The van der Waals surface area contributed by atoms with Gasteiger partial charge in [0.2, 0.25) is 5.95 Å². The number of nitrogens with zero attached hydrogens (tertiary/aromatic N) is 5. The third-order valence-corrected chi connectivity index (χ3v) is 9.00. The van der Waals surface area contributed by atoms with Gasteiger partial charge in [0.15, 0.2) is 4.83 Å². The van der Waals surface area contributed by atoms with Crippen LogP contribution in [0.2, 0.25) is 0 Å². The summed E-state index contributed by atoms with van der Waals surface area (Å²) >= 11 is 1.40. The molecule has 1 aliphatic carbocycles. The number of hydrogen-bond donors (Lipinski definition) is 3. The summed E-state index contributed by atoms with van der Waals surface area (Å²) < 4.78 is 9.99. The highest BCUT2D eigenvalue weighted by atomic mass is 32.1. The monoisotopic (exact) mass is 568 g/mol. The second kappa shape index (κ2) is 14.9. The quantitative estimate of drug-likeness (QED) is 0.202. The van der Waals surface area contributed by atoms with Gasteiger partial charge in [0.1, 0.15) is 5.82 Å². The topological polar surface area (TPSA) is 114 Å². The molecule has 0 amide bonds. The zero-order valence-corrected chi connectivity index (χ0v) is 25.6. The summed E-state index contributed by atoms with van der Waals surface area (Å²) in [6, 6.07) is 1.20. The van der Waals surface area contributed by atoms with E-state index < -0.39 is 0 Å². The van der Waals surface area contributed by atoms with E-state index in [4.69, 9.17) is 20.4 Å². The molecule has 2 fully saturated rings. The number of aryl methyl sites for hydroxylation is 1. The van der Waals surface area contributed by atoms with E-state index in [0.717, 1.165) is 93.0 Å². The average molecular weight is 569 g/mol. The average Bonchev–Trinajstić information content (AvgIpc) is 3.34. The minimum absolute atomic E-state index is 0.256. The van der Waals surface area contributed by atoms with Crippen LogP contribution in [0.25, 0.3) is 10.2 Å². The zero-order valence-electron chi connectivity index (χ0n) is 24.8. The Labute approximate surface area is 243 Å². The normalized spacial score (nSPS) is 21.1. The van der Waals surface area contributed by atoms with Crippen molar-refractivity contribution >= 4 is 39.7 Å². The molecule has 9 nitrogen and oxygen atoms in total. The Morgan fingerprint density at radius 1 is 1.18 bits per heavy atom. The molecule has 0 bridgehead atoms. The van der Waals surface area contributed by atoms with Gasteiger partial charge in [-0.15, -0.1) is 0 Å². The van der Waals surface area contributed by atoms with E-state index in [0.29, 0.717) is 29.6 Å². The van der Waals surface area contributed by atoms with E-state index in [-0.39, 0.29) is 6.04 Å². The summed E-state index contributed by atoms with van der Waals surface area (Å²) in [5, 5.41) is 8.01. The number of aromatic nitrogens is 3. The second-order valence-electron chi connectivity index (χ2n) is 11.4. The number of ether oxygens (including phenoxy) is 1. The van der Waals surface area contributed by atoms with Gasteiger partial charge >= 0.3 is 0 Å². The minimum atomic E-state index is 0.256. The Hall–Kier alpha value is -2.56. The highest BCUT2D eigenvalue weighted by Gasteiger charge is 2.25. The van der Waals surface area contributed by atoms with Crippen molar-refractivity contribution in [2.75, 3.05) is 36.9 Å². The fraction of sp³-hybridized carbons (Fsp3) is 0.667. The van der Waals surface area contributed by atoms with Gasteiger partial charge in [-0.25, -0.2) is 0 Å². The van der Waals surface area contributed by atoms with Gasteiger partial charge in [0, 0.05) is 44.3 Å². The third-order valence-electron chi connectivity index (χ3n) is 8.16. The fourth-order valence-electron chi connectivity index (χ4n) is 5.66. The van der Waals surface area contributed by atoms with Gasteiger partial charge < -0.3 is 26.0 Å². The number of fused-ring (bicyclic) bond motifs is 1. The maximum Gasteiger partial charge on any atom is 0.230 e. The lowest BCUT2D eigenvalue weighted by atomic mass is 9.81. The molecule has 0 atom stereocenters. The summed E-state index contributed by atoms with van der Waals surface area (Å²) in [5.74, 6) is 1.94. The predicted molar refractivity (Wildman–Crippen MR) is 168 cm³/mol.